The molecule has 2 aromatic carbocycles. The first-order valence-corrected chi connectivity index (χ1v) is 10.9. The molecule has 1 heterocycles. The first kappa shape index (κ1) is 23.5. The van der Waals surface area contributed by atoms with Gasteiger partial charge < -0.3 is 19.5 Å². The van der Waals surface area contributed by atoms with Gasteiger partial charge in [0, 0.05) is 25.8 Å². The van der Waals surface area contributed by atoms with Crippen molar-refractivity contribution in [2.75, 3.05) is 26.9 Å². The first-order valence-electron chi connectivity index (χ1n) is 10.9. The van der Waals surface area contributed by atoms with E-state index in [4.69, 9.17) is 9.47 Å². The van der Waals surface area contributed by atoms with Crippen molar-refractivity contribution in [3.05, 3.63) is 70.8 Å². The highest BCUT2D eigenvalue weighted by atomic mass is 16.5. The minimum atomic E-state index is -0.674. The van der Waals surface area contributed by atoms with E-state index in [1.165, 1.54) is 4.90 Å². The number of ether oxygens (including phenoxy) is 2. The summed E-state index contributed by atoms with van der Waals surface area (Å²) in [7, 11) is 1.60. The number of benzene rings is 2. The second-order valence-corrected chi connectivity index (χ2v) is 8.43. The Kier molecular flexibility index (Phi) is 7.70. The average molecular weight is 438 g/mol. The summed E-state index contributed by atoms with van der Waals surface area (Å²) < 4.78 is 10.9. The summed E-state index contributed by atoms with van der Waals surface area (Å²) in [6.07, 6.45) is 0.591. The van der Waals surface area contributed by atoms with Crippen molar-refractivity contribution < 1.29 is 24.2 Å². The van der Waals surface area contributed by atoms with Gasteiger partial charge in [0.05, 0.1) is 18.2 Å². The lowest BCUT2D eigenvalue weighted by Gasteiger charge is -2.25. The quantitative estimate of drug-likeness (QED) is 0.271. The number of carbonyl (C=O) groups is 2. The van der Waals surface area contributed by atoms with E-state index < -0.39 is 17.7 Å². The zero-order chi connectivity index (χ0) is 23.3. The van der Waals surface area contributed by atoms with Gasteiger partial charge in [-0.2, -0.15) is 0 Å². The molecule has 0 unspecified atom stereocenters. The Morgan fingerprint density at radius 2 is 1.84 bits per heavy atom. The molecule has 0 spiro atoms. The van der Waals surface area contributed by atoms with Crippen LogP contribution in [0.25, 0.3) is 5.76 Å². The van der Waals surface area contributed by atoms with Crippen LogP contribution in [0.5, 0.6) is 5.75 Å². The smallest absolute Gasteiger partial charge is 0.295 e. The van der Waals surface area contributed by atoms with Crippen molar-refractivity contribution in [3.8, 4) is 5.75 Å². The summed E-state index contributed by atoms with van der Waals surface area (Å²) in [4.78, 5) is 27.4. The maximum atomic E-state index is 13.0. The zero-order valence-electron chi connectivity index (χ0n) is 19.1. The Balaban J connectivity index is 2.03. The largest absolute Gasteiger partial charge is 0.507 e. The number of ketones is 1. The second kappa shape index (κ2) is 10.5. The van der Waals surface area contributed by atoms with Crippen LogP contribution in [0.1, 0.15) is 43.0 Å². The summed E-state index contributed by atoms with van der Waals surface area (Å²) in [6, 6.07) is 14.0. The Labute approximate surface area is 189 Å². The third-order valence-corrected chi connectivity index (χ3v) is 5.42. The van der Waals surface area contributed by atoms with E-state index in [2.05, 4.69) is 13.8 Å². The molecule has 1 aliphatic rings. The van der Waals surface area contributed by atoms with E-state index in [0.29, 0.717) is 37.7 Å². The van der Waals surface area contributed by atoms with E-state index in [1.54, 1.807) is 25.3 Å². The molecule has 1 aliphatic heterocycles. The Morgan fingerprint density at radius 3 is 2.47 bits per heavy atom. The first-order chi connectivity index (χ1) is 15.3. The summed E-state index contributed by atoms with van der Waals surface area (Å²) >= 11 is 0. The Hall–Kier alpha value is -3.12. The maximum absolute atomic E-state index is 13.0. The minimum absolute atomic E-state index is 0.105. The number of aliphatic hydroxyl groups excluding tert-OH is 1. The lowest BCUT2D eigenvalue weighted by Crippen LogP contribution is -2.31. The molecule has 0 saturated carbocycles. The summed E-state index contributed by atoms with van der Waals surface area (Å²) in [5.74, 6) is -0.334. The number of rotatable bonds is 9. The number of aliphatic hydroxyl groups is 1. The molecule has 6 nitrogen and oxygen atoms in total. The van der Waals surface area contributed by atoms with E-state index in [1.807, 2.05) is 37.3 Å². The Morgan fingerprint density at radius 1 is 1.12 bits per heavy atom. The monoisotopic (exact) mass is 437 g/mol. The van der Waals surface area contributed by atoms with Crippen LogP contribution in [0.4, 0.5) is 0 Å². The second-order valence-electron chi connectivity index (χ2n) is 8.43. The van der Waals surface area contributed by atoms with Crippen LogP contribution >= 0.6 is 0 Å². The predicted octanol–water partition coefficient (Wildman–Crippen LogP) is 4.49. The van der Waals surface area contributed by atoms with Crippen molar-refractivity contribution >= 4 is 17.4 Å². The molecule has 6 heteroatoms. The van der Waals surface area contributed by atoms with Gasteiger partial charge in [-0.15, -0.1) is 0 Å². The van der Waals surface area contributed by atoms with Crippen molar-refractivity contribution in [2.45, 2.75) is 33.2 Å². The van der Waals surface area contributed by atoms with Crippen molar-refractivity contribution in [2.24, 2.45) is 5.92 Å². The van der Waals surface area contributed by atoms with E-state index in [0.717, 1.165) is 16.9 Å². The fraction of sp³-hybridized carbons (Fsp3) is 0.385. The van der Waals surface area contributed by atoms with Crippen molar-refractivity contribution in [1.29, 1.82) is 0 Å². The van der Waals surface area contributed by atoms with Crippen LogP contribution in [-0.4, -0.2) is 48.6 Å². The minimum Gasteiger partial charge on any atom is -0.507 e. The number of nitrogens with zero attached hydrogens (tertiary/aromatic N) is 1. The number of likely N-dealkylation sites (tertiary alicyclic amines) is 1. The molecule has 32 heavy (non-hydrogen) atoms. The molecule has 1 saturated heterocycles. The normalized spacial score (nSPS) is 17.9. The van der Waals surface area contributed by atoms with Gasteiger partial charge in [0.15, 0.2) is 0 Å². The third kappa shape index (κ3) is 5.02. The molecule has 0 bridgehead atoms. The SMILES string of the molecule is COCCCN1C(=O)C(=O)/C(=C(/O)c2ccc(OCC(C)C)c(C)c2)[C@@H]1c1ccccc1. The molecule has 1 N–H and O–H groups in total. The number of amides is 1. The van der Waals surface area contributed by atoms with Crippen LogP contribution in [0, 0.1) is 12.8 Å². The number of hydrogen-bond donors (Lipinski definition) is 1. The van der Waals surface area contributed by atoms with E-state index in [9.17, 15) is 14.7 Å². The van der Waals surface area contributed by atoms with Crippen molar-refractivity contribution in [1.82, 2.24) is 4.90 Å². The van der Waals surface area contributed by atoms with Crippen LogP contribution in [0.15, 0.2) is 54.1 Å². The molecule has 0 aromatic heterocycles. The molecule has 170 valence electrons. The van der Waals surface area contributed by atoms with Gasteiger partial charge in [0.2, 0.25) is 0 Å². The molecule has 1 amide bonds. The average Bonchev–Trinajstić information content (AvgIpc) is 3.03. The van der Waals surface area contributed by atoms with Gasteiger partial charge in [-0.05, 0) is 48.6 Å². The Bertz CT molecular complexity index is 997. The zero-order valence-corrected chi connectivity index (χ0v) is 19.1. The molecule has 2 aromatic rings. The fourth-order valence-electron chi connectivity index (χ4n) is 3.84. The fourth-order valence-corrected chi connectivity index (χ4v) is 3.84. The van der Waals surface area contributed by atoms with E-state index in [-0.39, 0.29) is 11.3 Å². The molecule has 1 atom stereocenters. The van der Waals surface area contributed by atoms with Crippen molar-refractivity contribution in [3.63, 3.8) is 0 Å². The highest BCUT2D eigenvalue weighted by Crippen LogP contribution is 2.39. The van der Waals surface area contributed by atoms with Gasteiger partial charge in [-0.1, -0.05) is 44.2 Å². The summed E-state index contributed by atoms with van der Waals surface area (Å²) in [5.41, 5.74) is 2.21. The van der Waals surface area contributed by atoms with Gasteiger partial charge in [-0.3, -0.25) is 9.59 Å². The number of methoxy groups -OCH3 is 1. The summed E-state index contributed by atoms with van der Waals surface area (Å²) in [6.45, 7) is 7.46. The molecular weight excluding hydrogens is 406 g/mol. The van der Waals surface area contributed by atoms with Gasteiger partial charge in [0.1, 0.15) is 11.5 Å². The van der Waals surface area contributed by atoms with Crippen LogP contribution in [-0.2, 0) is 14.3 Å². The van der Waals surface area contributed by atoms with Gasteiger partial charge in [-0.25, -0.2) is 0 Å². The molecule has 3 rings (SSSR count). The third-order valence-electron chi connectivity index (χ3n) is 5.42. The van der Waals surface area contributed by atoms with Crippen LogP contribution in [0.2, 0.25) is 0 Å². The lowest BCUT2D eigenvalue weighted by molar-refractivity contribution is -0.140. The predicted molar refractivity (Wildman–Crippen MR) is 123 cm³/mol. The number of Topliss-reactive ketones (excluding diaryl/α,β-unsaturated/α-hetero) is 1. The number of aryl methyl sites for hydroxylation is 1. The lowest BCUT2D eigenvalue weighted by atomic mass is 9.95. The highest BCUT2D eigenvalue weighted by Gasteiger charge is 2.45. The molecular formula is C26H31NO5. The topological polar surface area (TPSA) is 76.1 Å². The maximum Gasteiger partial charge on any atom is 0.295 e. The number of hydrogen-bond acceptors (Lipinski definition) is 5. The standard InChI is InChI=1S/C26H31NO5/c1-17(2)16-32-21-12-11-20(15-18(21)3)24(28)22-23(19-9-6-5-7-10-19)27(13-8-14-31-4)26(30)25(22)29/h5-7,9-12,15,17,23,28H,8,13-14,16H2,1-4H3/b24-22+/t23-/m0/s1. The van der Waals surface area contributed by atoms with Crippen LogP contribution < -0.4 is 4.74 Å². The highest BCUT2D eigenvalue weighted by molar-refractivity contribution is 6.46. The molecule has 0 radical (unpaired) electrons. The molecule has 1 fully saturated rings. The summed E-state index contributed by atoms with van der Waals surface area (Å²) in [5, 5.41) is 11.2. The van der Waals surface area contributed by atoms with Crippen LogP contribution in [0.3, 0.4) is 0 Å². The van der Waals surface area contributed by atoms with E-state index >= 15 is 0 Å². The number of carbonyl (C=O) groups excluding carboxylic acids is 2. The van der Waals surface area contributed by atoms with Gasteiger partial charge in [0.25, 0.3) is 11.7 Å². The molecule has 0 aliphatic carbocycles. The van der Waals surface area contributed by atoms with Gasteiger partial charge >= 0.3 is 0 Å².